The zero-order valence-electron chi connectivity index (χ0n) is 10.8. The normalized spacial score (nSPS) is 17.6. The van der Waals surface area contributed by atoms with Gasteiger partial charge in [0.05, 0.1) is 0 Å². The summed E-state index contributed by atoms with van der Waals surface area (Å²) in [6, 6.07) is 9.16. The van der Waals surface area contributed by atoms with Gasteiger partial charge in [-0.25, -0.2) is 0 Å². The van der Waals surface area contributed by atoms with E-state index in [4.69, 9.17) is 4.79 Å². The van der Waals surface area contributed by atoms with Crippen LogP contribution in [-0.2, 0) is 17.8 Å². The van der Waals surface area contributed by atoms with E-state index in [9.17, 15) is 0 Å². The summed E-state index contributed by atoms with van der Waals surface area (Å²) < 4.78 is 0. The van der Waals surface area contributed by atoms with Gasteiger partial charge in [-0.05, 0) is 25.0 Å². The summed E-state index contributed by atoms with van der Waals surface area (Å²) in [5.74, 6) is 0. The van der Waals surface area contributed by atoms with Crippen LogP contribution in [0.2, 0.25) is 0 Å². The molecule has 1 aromatic carbocycles. The lowest BCUT2D eigenvalue weighted by Crippen LogP contribution is -2.32. The van der Waals surface area contributed by atoms with Gasteiger partial charge in [0.25, 0.3) is 0 Å². The Morgan fingerprint density at radius 3 is 2.83 bits per heavy atom. The van der Waals surface area contributed by atoms with Crippen LogP contribution in [0.5, 0.6) is 0 Å². The fourth-order valence-corrected chi connectivity index (χ4v) is 2.29. The van der Waals surface area contributed by atoms with Crippen LogP contribution in [-0.4, -0.2) is 24.5 Å². The highest BCUT2D eigenvalue weighted by Crippen LogP contribution is 2.25. The number of nitrogens with one attached hydrogen (secondary N) is 3. The fourth-order valence-electron chi connectivity index (χ4n) is 2.29. The molecular weight excluding hydrogens is 226 g/mol. The lowest BCUT2D eigenvalue weighted by Gasteiger charge is -2.20. The second-order valence-corrected chi connectivity index (χ2v) is 4.52. The molecule has 1 aromatic heterocycles. The Balaban J connectivity index is 0.000000267. The number of aromatic amines is 1. The summed E-state index contributed by atoms with van der Waals surface area (Å²) in [5.41, 5.74) is 4.14. The molecule has 0 spiro atoms. The van der Waals surface area contributed by atoms with E-state index in [2.05, 4.69) is 46.8 Å². The molecule has 0 aliphatic carbocycles. The highest BCUT2D eigenvalue weighted by Gasteiger charge is 2.18. The van der Waals surface area contributed by atoms with E-state index in [1.807, 2.05) is 0 Å². The van der Waals surface area contributed by atoms with E-state index in [1.165, 1.54) is 22.2 Å². The predicted molar refractivity (Wildman–Crippen MR) is 73.4 cm³/mol. The van der Waals surface area contributed by atoms with Crippen LogP contribution in [0.15, 0.2) is 24.3 Å². The Morgan fingerprint density at radius 2 is 2.11 bits per heavy atom. The van der Waals surface area contributed by atoms with E-state index in [-0.39, 0.29) is 0 Å². The van der Waals surface area contributed by atoms with E-state index in [1.54, 1.807) is 7.05 Å². The molecule has 4 heteroatoms. The summed E-state index contributed by atoms with van der Waals surface area (Å²) in [6.45, 7) is 3.22. The molecule has 3 N–H and O–H groups in total. The second-order valence-electron chi connectivity index (χ2n) is 4.52. The second kappa shape index (κ2) is 5.69. The molecule has 0 fully saturated rings. The van der Waals surface area contributed by atoms with Crippen molar-refractivity contribution in [3.05, 3.63) is 35.5 Å². The average molecular weight is 245 g/mol. The van der Waals surface area contributed by atoms with Crippen molar-refractivity contribution < 1.29 is 4.79 Å². The Labute approximate surface area is 107 Å². The predicted octanol–water partition coefficient (Wildman–Crippen LogP) is 1.56. The molecule has 1 atom stereocenters. The lowest BCUT2D eigenvalue weighted by molar-refractivity contribution is -0.109. The van der Waals surface area contributed by atoms with E-state index in [0.29, 0.717) is 12.5 Å². The molecule has 1 aliphatic rings. The van der Waals surface area contributed by atoms with Crippen molar-refractivity contribution in [2.45, 2.75) is 25.9 Å². The SMILES string of the molecule is CC1Cc2c([nH]c3ccccc23)CN1.CNC=O. The van der Waals surface area contributed by atoms with Crippen LogP contribution < -0.4 is 10.6 Å². The molecule has 0 saturated carbocycles. The van der Waals surface area contributed by atoms with Crippen molar-refractivity contribution in [1.82, 2.24) is 15.6 Å². The number of fused-ring (bicyclic) bond motifs is 3. The standard InChI is InChI=1S/C12H14N2.C2H5NO/c1-8-6-10-9-4-2-3-5-11(9)14-12(10)7-13-8;1-3-2-4/h2-5,8,13-14H,6-7H2,1H3;2H,1H3,(H,3,4). The third-order valence-electron chi connectivity index (χ3n) is 3.16. The maximum absolute atomic E-state index is 9.06. The molecule has 18 heavy (non-hydrogen) atoms. The maximum Gasteiger partial charge on any atom is 0.206 e. The molecule has 0 saturated heterocycles. The number of aromatic nitrogens is 1. The fraction of sp³-hybridized carbons (Fsp3) is 0.357. The first-order valence-corrected chi connectivity index (χ1v) is 6.19. The smallest absolute Gasteiger partial charge is 0.206 e. The van der Waals surface area contributed by atoms with Gasteiger partial charge in [-0.1, -0.05) is 18.2 Å². The number of para-hydroxylation sites is 1. The summed E-state index contributed by atoms with van der Waals surface area (Å²) in [5, 5.41) is 7.12. The number of amides is 1. The third-order valence-corrected chi connectivity index (χ3v) is 3.16. The number of hydrogen-bond donors (Lipinski definition) is 3. The van der Waals surface area contributed by atoms with Gasteiger partial charge in [-0.2, -0.15) is 0 Å². The zero-order valence-corrected chi connectivity index (χ0v) is 10.8. The van der Waals surface area contributed by atoms with Crippen molar-refractivity contribution in [2.24, 2.45) is 0 Å². The maximum atomic E-state index is 9.06. The van der Waals surface area contributed by atoms with Crippen LogP contribution in [0, 0.1) is 0 Å². The highest BCUT2D eigenvalue weighted by molar-refractivity contribution is 5.84. The van der Waals surface area contributed by atoms with Gasteiger partial charge >= 0.3 is 0 Å². The summed E-state index contributed by atoms with van der Waals surface area (Å²) in [4.78, 5) is 12.5. The number of hydrogen-bond acceptors (Lipinski definition) is 2. The van der Waals surface area contributed by atoms with Crippen LogP contribution in [0.25, 0.3) is 10.9 Å². The molecule has 1 aliphatic heterocycles. The molecule has 2 aromatic rings. The van der Waals surface area contributed by atoms with Gasteiger partial charge in [0.15, 0.2) is 0 Å². The Kier molecular flexibility index (Phi) is 3.99. The molecule has 2 heterocycles. The Morgan fingerprint density at radius 1 is 1.39 bits per heavy atom. The van der Waals surface area contributed by atoms with Crippen LogP contribution in [0.4, 0.5) is 0 Å². The van der Waals surface area contributed by atoms with Crippen molar-refractivity contribution >= 4 is 17.3 Å². The number of rotatable bonds is 1. The number of carbonyl (C=O) groups excluding carboxylic acids is 1. The first-order chi connectivity index (χ1) is 8.76. The molecule has 0 radical (unpaired) electrons. The van der Waals surface area contributed by atoms with Gasteiger partial charge < -0.3 is 15.6 Å². The summed E-state index contributed by atoms with van der Waals surface area (Å²) in [7, 11) is 1.56. The van der Waals surface area contributed by atoms with Crippen LogP contribution in [0.3, 0.4) is 0 Å². The lowest BCUT2D eigenvalue weighted by atomic mass is 10.00. The molecule has 0 bridgehead atoms. The number of carbonyl (C=O) groups is 1. The molecule has 1 unspecified atom stereocenters. The van der Waals surface area contributed by atoms with E-state index < -0.39 is 0 Å². The van der Waals surface area contributed by atoms with Crippen LogP contribution in [0.1, 0.15) is 18.2 Å². The minimum atomic E-state index is 0.599. The minimum absolute atomic E-state index is 0.599. The third kappa shape index (κ3) is 2.54. The number of benzene rings is 1. The largest absolute Gasteiger partial charge is 0.362 e. The van der Waals surface area contributed by atoms with E-state index in [0.717, 1.165) is 13.0 Å². The molecule has 1 amide bonds. The average Bonchev–Trinajstić information content (AvgIpc) is 2.77. The minimum Gasteiger partial charge on any atom is -0.362 e. The first-order valence-electron chi connectivity index (χ1n) is 6.19. The van der Waals surface area contributed by atoms with Gasteiger partial charge in [0.1, 0.15) is 0 Å². The molecule has 4 nitrogen and oxygen atoms in total. The highest BCUT2D eigenvalue weighted by atomic mass is 16.1. The zero-order chi connectivity index (χ0) is 13.0. The first kappa shape index (κ1) is 12.6. The topological polar surface area (TPSA) is 56.9 Å². The number of H-pyrrole nitrogens is 1. The Hall–Kier alpha value is -1.81. The van der Waals surface area contributed by atoms with Gasteiger partial charge in [0.2, 0.25) is 6.41 Å². The summed E-state index contributed by atoms with van der Waals surface area (Å²) in [6.07, 6.45) is 1.76. The van der Waals surface area contributed by atoms with Gasteiger partial charge in [0, 0.05) is 36.2 Å². The van der Waals surface area contributed by atoms with E-state index >= 15 is 0 Å². The summed E-state index contributed by atoms with van der Waals surface area (Å²) >= 11 is 0. The Bertz CT molecular complexity index is 533. The molecule has 96 valence electrons. The van der Waals surface area contributed by atoms with Crippen LogP contribution >= 0.6 is 0 Å². The van der Waals surface area contributed by atoms with Crippen molar-refractivity contribution in [2.75, 3.05) is 7.05 Å². The quantitative estimate of drug-likeness (QED) is 0.668. The monoisotopic (exact) mass is 245 g/mol. The molecule has 3 rings (SSSR count). The van der Waals surface area contributed by atoms with Crippen molar-refractivity contribution in [1.29, 1.82) is 0 Å². The van der Waals surface area contributed by atoms with Crippen molar-refractivity contribution in [3.63, 3.8) is 0 Å². The van der Waals surface area contributed by atoms with Crippen molar-refractivity contribution in [3.8, 4) is 0 Å². The van der Waals surface area contributed by atoms with Gasteiger partial charge in [-0.15, -0.1) is 0 Å². The van der Waals surface area contributed by atoms with Gasteiger partial charge in [-0.3, -0.25) is 4.79 Å². The molecular formula is C14H19N3O.